The van der Waals surface area contributed by atoms with E-state index in [1.807, 2.05) is 42.5 Å². The van der Waals surface area contributed by atoms with E-state index in [0.717, 1.165) is 16.3 Å². The highest BCUT2D eigenvalue weighted by molar-refractivity contribution is 6.11. The van der Waals surface area contributed by atoms with Crippen LogP contribution >= 0.6 is 0 Å². The van der Waals surface area contributed by atoms with Crippen molar-refractivity contribution in [3.8, 4) is 0 Å². The van der Waals surface area contributed by atoms with E-state index in [1.165, 1.54) is 0 Å². The van der Waals surface area contributed by atoms with Gasteiger partial charge in [0, 0.05) is 5.56 Å². The molecule has 0 radical (unpaired) electrons. The number of hydrazone groups is 2. The van der Waals surface area contributed by atoms with Crippen LogP contribution < -0.4 is 10.9 Å². The molecule has 1 aliphatic rings. The third-order valence-corrected chi connectivity index (χ3v) is 3.28. The molecule has 0 bridgehead atoms. The average molecular weight is 294 g/mol. The summed E-state index contributed by atoms with van der Waals surface area (Å²) in [6.07, 6.45) is 1.84. The molecule has 2 aromatic rings. The number of hydrogen-bond acceptors (Lipinski definition) is 4. The second-order valence-corrected chi connectivity index (χ2v) is 4.93. The van der Waals surface area contributed by atoms with Crippen molar-refractivity contribution >= 4 is 34.5 Å². The Hall–Kier alpha value is -3.02. The van der Waals surface area contributed by atoms with Crippen LogP contribution in [0.15, 0.2) is 52.7 Å². The summed E-state index contributed by atoms with van der Waals surface area (Å²) < 4.78 is 0. The van der Waals surface area contributed by atoms with Gasteiger partial charge in [0.05, 0.1) is 24.8 Å². The maximum absolute atomic E-state index is 11.7. The first-order valence-electron chi connectivity index (χ1n) is 6.86. The van der Waals surface area contributed by atoms with Crippen LogP contribution in [0.25, 0.3) is 10.8 Å². The number of fused-ring (bicyclic) bond motifs is 1. The number of benzene rings is 2. The molecule has 3 rings (SSSR count). The highest BCUT2D eigenvalue weighted by Crippen LogP contribution is 2.16. The zero-order valence-electron chi connectivity index (χ0n) is 11.7. The molecule has 0 unspecified atom stereocenters. The molecule has 0 saturated carbocycles. The summed E-state index contributed by atoms with van der Waals surface area (Å²) >= 11 is 0. The van der Waals surface area contributed by atoms with Crippen molar-refractivity contribution in [1.82, 2.24) is 10.9 Å². The van der Waals surface area contributed by atoms with E-state index >= 15 is 0 Å². The van der Waals surface area contributed by atoms with Gasteiger partial charge in [-0.1, -0.05) is 42.5 Å². The maximum atomic E-state index is 11.7. The minimum atomic E-state index is -0.299. The molecule has 0 saturated heterocycles. The monoisotopic (exact) mass is 294 g/mol. The van der Waals surface area contributed by atoms with Crippen molar-refractivity contribution in [3.63, 3.8) is 0 Å². The van der Waals surface area contributed by atoms with Crippen LogP contribution in [0.1, 0.15) is 18.4 Å². The predicted molar refractivity (Wildman–Crippen MR) is 84.5 cm³/mol. The molecule has 6 nitrogen and oxygen atoms in total. The normalized spacial score (nSPS) is 14.2. The molecule has 0 spiro atoms. The summed E-state index contributed by atoms with van der Waals surface area (Å²) in [5, 5.41) is 9.92. The molecular formula is C16H14N4O2. The van der Waals surface area contributed by atoms with Gasteiger partial charge in [-0.25, -0.2) is 10.9 Å². The van der Waals surface area contributed by atoms with Crippen LogP contribution in [0, 0.1) is 0 Å². The molecule has 0 fully saturated rings. The summed E-state index contributed by atoms with van der Waals surface area (Å²) in [7, 11) is 0. The molecule has 2 N–H and O–H groups in total. The van der Waals surface area contributed by atoms with Crippen molar-refractivity contribution in [3.05, 3.63) is 48.0 Å². The topological polar surface area (TPSA) is 82.9 Å². The standard InChI is InChI=1S/C16H14N4O2/c21-15(8-13-9-16(22)20-18-13)19-17-10-12-6-3-5-11-4-1-2-7-14(11)12/h1-7,10H,8-9H2,(H,19,21)(H,20,22)/b17-10-. The van der Waals surface area contributed by atoms with Gasteiger partial charge in [-0.2, -0.15) is 10.2 Å². The number of nitrogens with one attached hydrogen (secondary N) is 2. The maximum Gasteiger partial charge on any atom is 0.245 e. The van der Waals surface area contributed by atoms with Crippen LogP contribution in [0.5, 0.6) is 0 Å². The molecule has 0 atom stereocenters. The second-order valence-electron chi connectivity index (χ2n) is 4.93. The second kappa shape index (κ2) is 6.17. The van der Waals surface area contributed by atoms with E-state index < -0.39 is 0 Å². The molecule has 2 amide bonds. The fourth-order valence-electron chi connectivity index (χ4n) is 2.27. The van der Waals surface area contributed by atoms with Crippen LogP contribution in [0.3, 0.4) is 0 Å². The predicted octanol–water partition coefficient (Wildman–Crippen LogP) is 1.56. The summed E-state index contributed by atoms with van der Waals surface area (Å²) in [4.78, 5) is 22.7. The van der Waals surface area contributed by atoms with Gasteiger partial charge in [-0.15, -0.1) is 0 Å². The summed E-state index contributed by atoms with van der Waals surface area (Å²) in [5.74, 6) is -0.492. The highest BCUT2D eigenvalue weighted by Gasteiger charge is 2.16. The largest absolute Gasteiger partial charge is 0.273 e. The van der Waals surface area contributed by atoms with Gasteiger partial charge in [0.25, 0.3) is 0 Å². The Balaban J connectivity index is 1.64. The Morgan fingerprint density at radius 1 is 1.27 bits per heavy atom. The number of amides is 2. The van der Waals surface area contributed by atoms with Crippen molar-refractivity contribution in [2.75, 3.05) is 0 Å². The van der Waals surface area contributed by atoms with Gasteiger partial charge in [0.1, 0.15) is 0 Å². The fraction of sp³-hybridized carbons (Fsp3) is 0.125. The number of carbonyl (C=O) groups excluding carboxylic acids is 2. The first kappa shape index (κ1) is 13.9. The Morgan fingerprint density at radius 2 is 2.09 bits per heavy atom. The lowest BCUT2D eigenvalue weighted by Crippen LogP contribution is -2.20. The third kappa shape index (κ3) is 3.17. The molecule has 6 heteroatoms. The van der Waals surface area contributed by atoms with E-state index in [1.54, 1.807) is 6.21 Å². The Labute approximate surface area is 126 Å². The lowest BCUT2D eigenvalue weighted by Gasteiger charge is -2.02. The third-order valence-electron chi connectivity index (χ3n) is 3.28. The molecule has 2 aromatic carbocycles. The van der Waals surface area contributed by atoms with Crippen molar-refractivity contribution in [1.29, 1.82) is 0 Å². The number of nitrogens with zero attached hydrogens (tertiary/aromatic N) is 2. The average Bonchev–Trinajstić information content (AvgIpc) is 2.92. The van der Waals surface area contributed by atoms with Gasteiger partial charge in [0.15, 0.2) is 0 Å². The molecule has 0 aliphatic carbocycles. The summed E-state index contributed by atoms with van der Waals surface area (Å²) in [6, 6.07) is 13.9. The van der Waals surface area contributed by atoms with Crippen molar-refractivity contribution < 1.29 is 9.59 Å². The molecule has 110 valence electrons. The zero-order valence-corrected chi connectivity index (χ0v) is 11.7. The van der Waals surface area contributed by atoms with Gasteiger partial charge < -0.3 is 0 Å². The highest BCUT2D eigenvalue weighted by atomic mass is 16.2. The van der Waals surface area contributed by atoms with Gasteiger partial charge >= 0.3 is 0 Å². The van der Waals surface area contributed by atoms with Crippen LogP contribution in [0.4, 0.5) is 0 Å². The summed E-state index contributed by atoms with van der Waals surface area (Å²) in [6.45, 7) is 0. The van der Waals surface area contributed by atoms with Crippen LogP contribution in [0.2, 0.25) is 0 Å². The van der Waals surface area contributed by atoms with E-state index in [2.05, 4.69) is 21.1 Å². The van der Waals surface area contributed by atoms with Gasteiger partial charge in [-0.05, 0) is 10.8 Å². The fourth-order valence-corrected chi connectivity index (χ4v) is 2.27. The van der Waals surface area contributed by atoms with E-state index in [9.17, 15) is 9.59 Å². The first-order chi connectivity index (χ1) is 10.7. The first-order valence-corrected chi connectivity index (χ1v) is 6.86. The SMILES string of the molecule is O=C1CC(CC(=O)N/N=C\c2cccc3ccccc23)=NN1. The van der Waals surface area contributed by atoms with Crippen molar-refractivity contribution in [2.24, 2.45) is 10.2 Å². The molecule has 22 heavy (non-hydrogen) atoms. The lowest BCUT2D eigenvalue weighted by atomic mass is 10.1. The van der Waals surface area contributed by atoms with Crippen LogP contribution in [-0.4, -0.2) is 23.7 Å². The smallest absolute Gasteiger partial charge is 0.245 e. The van der Waals surface area contributed by atoms with E-state index in [0.29, 0.717) is 5.71 Å². The summed E-state index contributed by atoms with van der Waals surface area (Å²) in [5.41, 5.74) is 6.20. The number of carbonyl (C=O) groups is 2. The minimum Gasteiger partial charge on any atom is -0.273 e. The Morgan fingerprint density at radius 3 is 2.91 bits per heavy atom. The molecule has 1 aliphatic heterocycles. The Bertz CT molecular complexity index is 790. The molecular weight excluding hydrogens is 280 g/mol. The van der Waals surface area contributed by atoms with Crippen LogP contribution in [-0.2, 0) is 9.59 Å². The molecule has 1 heterocycles. The molecule has 0 aromatic heterocycles. The lowest BCUT2D eigenvalue weighted by molar-refractivity contribution is -0.119. The van der Waals surface area contributed by atoms with Gasteiger partial charge in [-0.3, -0.25) is 9.59 Å². The van der Waals surface area contributed by atoms with Gasteiger partial charge in [0.2, 0.25) is 11.8 Å². The van der Waals surface area contributed by atoms with E-state index in [-0.39, 0.29) is 24.7 Å². The van der Waals surface area contributed by atoms with E-state index in [4.69, 9.17) is 0 Å². The minimum absolute atomic E-state index is 0.0611. The van der Waals surface area contributed by atoms with Crippen molar-refractivity contribution in [2.45, 2.75) is 12.8 Å². The number of rotatable bonds is 4. The Kier molecular flexibility index (Phi) is 3.91. The zero-order chi connectivity index (χ0) is 15.4. The number of hydrogen-bond donors (Lipinski definition) is 2. The quantitative estimate of drug-likeness (QED) is 0.662.